The van der Waals surface area contributed by atoms with Crippen molar-refractivity contribution < 1.29 is 9.59 Å². The lowest BCUT2D eigenvalue weighted by molar-refractivity contribution is -0.120. The van der Waals surface area contributed by atoms with E-state index < -0.39 is 0 Å². The van der Waals surface area contributed by atoms with E-state index in [0.717, 1.165) is 25.1 Å². The van der Waals surface area contributed by atoms with Crippen molar-refractivity contribution in [2.45, 2.75) is 25.8 Å². The first-order valence-corrected chi connectivity index (χ1v) is 8.99. The molecule has 3 rings (SSSR count). The van der Waals surface area contributed by atoms with E-state index in [9.17, 15) is 9.59 Å². The Bertz CT molecular complexity index is 698. The molecule has 1 aromatic heterocycles. The first kappa shape index (κ1) is 16.7. The van der Waals surface area contributed by atoms with Crippen molar-refractivity contribution in [3.8, 4) is 0 Å². The summed E-state index contributed by atoms with van der Waals surface area (Å²) < 4.78 is 0. The largest absolute Gasteiger partial charge is 0.326 e. The first-order chi connectivity index (χ1) is 11.6. The average Bonchev–Trinajstić information content (AvgIpc) is 3.11. The minimum absolute atomic E-state index is 0.0551. The van der Waals surface area contributed by atoms with E-state index in [1.54, 1.807) is 18.2 Å². The molecular weight excluding hydrogens is 322 g/mol. The van der Waals surface area contributed by atoms with Crippen molar-refractivity contribution in [3.05, 3.63) is 46.7 Å². The molecule has 126 valence electrons. The Hall–Kier alpha value is -2.18. The molecule has 0 saturated carbocycles. The number of nitrogens with one attached hydrogen (secondary N) is 3. The quantitative estimate of drug-likeness (QED) is 0.797. The third kappa shape index (κ3) is 4.21. The van der Waals surface area contributed by atoms with Gasteiger partial charge in [0.2, 0.25) is 5.91 Å². The molecule has 1 saturated heterocycles. The molecule has 0 bridgehead atoms. The van der Waals surface area contributed by atoms with Gasteiger partial charge in [-0.25, -0.2) is 0 Å². The molecule has 2 amide bonds. The van der Waals surface area contributed by atoms with Crippen LogP contribution in [-0.2, 0) is 4.79 Å². The molecule has 2 aromatic rings. The Kier molecular flexibility index (Phi) is 5.27. The van der Waals surface area contributed by atoms with Crippen molar-refractivity contribution in [3.63, 3.8) is 0 Å². The second-order valence-corrected chi connectivity index (χ2v) is 7.02. The molecule has 0 aliphatic carbocycles. The number of piperidine rings is 1. The van der Waals surface area contributed by atoms with E-state index >= 15 is 0 Å². The van der Waals surface area contributed by atoms with Crippen molar-refractivity contribution in [1.82, 2.24) is 5.32 Å². The molecule has 6 heteroatoms. The van der Waals surface area contributed by atoms with Gasteiger partial charge in [-0.1, -0.05) is 6.07 Å². The second-order valence-electron chi connectivity index (χ2n) is 6.07. The number of anilines is 2. The van der Waals surface area contributed by atoms with Crippen LogP contribution in [0.5, 0.6) is 0 Å². The van der Waals surface area contributed by atoms with E-state index in [2.05, 4.69) is 22.9 Å². The molecule has 1 aliphatic rings. The van der Waals surface area contributed by atoms with Crippen LogP contribution in [-0.4, -0.2) is 24.4 Å². The van der Waals surface area contributed by atoms with Crippen LogP contribution in [0.15, 0.2) is 41.8 Å². The van der Waals surface area contributed by atoms with Crippen LogP contribution in [0.4, 0.5) is 11.4 Å². The van der Waals surface area contributed by atoms with Gasteiger partial charge in [-0.2, -0.15) is 0 Å². The Morgan fingerprint density at radius 3 is 2.46 bits per heavy atom. The summed E-state index contributed by atoms with van der Waals surface area (Å²) in [6, 6.07) is 11.2. The van der Waals surface area contributed by atoms with Crippen LogP contribution >= 0.6 is 11.3 Å². The fraction of sp³-hybridized carbons (Fsp3) is 0.333. The van der Waals surface area contributed by atoms with Crippen molar-refractivity contribution in [2.24, 2.45) is 5.92 Å². The smallest absolute Gasteiger partial charge is 0.265 e. The van der Waals surface area contributed by atoms with Gasteiger partial charge in [0.15, 0.2) is 0 Å². The molecule has 1 fully saturated rings. The molecular formula is C18H21N3O2S. The zero-order valence-electron chi connectivity index (χ0n) is 13.5. The Labute approximate surface area is 145 Å². The topological polar surface area (TPSA) is 70.2 Å². The maximum absolute atomic E-state index is 12.3. The van der Waals surface area contributed by atoms with Gasteiger partial charge in [0.25, 0.3) is 5.91 Å². The number of amides is 2. The van der Waals surface area contributed by atoms with Crippen LogP contribution < -0.4 is 16.0 Å². The van der Waals surface area contributed by atoms with Gasteiger partial charge in [0.1, 0.15) is 0 Å². The molecule has 0 spiro atoms. The van der Waals surface area contributed by atoms with Gasteiger partial charge < -0.3 is 16.0 Å². The van der Waals surface area contributed by atoms with Crippen molar-refractivity contribution in [1.29, 1.82) is 0 Å². The van der Waals surface area contributed by atoms with E-state index in [4.69, 9.17) is 0 Å². The number of thiophene rings is 1. The summed E-state index contributed by atoms with van der Waals surface area (Å²) in [5.74, 6) is 0.00339. The summed E-state index contributed by atoms with van der Waals surface area (Å²) in [5, 5.41) is 11.0. The maximum Gasteiger partial charge on any atom is 0.265 e. The maximum atomic E-state index is 12.3. The van der Waals surface area contributed by atoms with Crippen LogP contribution in [0, 0.1) is 5.92 Å². The summed E-state index contributed by atoms with van der Waals surface area (Å²) in [4.78, 5) is 25.0. The molecule has 0 radical (unpaired) electrons. The molecule has 24 heavy (non-hydrogen) atoms. The lowest BCUT2D eigenvalue weighted by Crippen LogP contribution is -2.40. The summed E-state index contributed by atoms with van der Waals surface area (Å²) >= 11 is 1.40. The standard InChI is InChI=1S/C18H21N3O2S/c1-12-11-13(8-9-19-12)17(22)20-14-4-6-15(7-5-14)21-18(23)16-3-2-10-24-16/h2-7,10,12-13,19H,8-9,11H2,1H3,(H,20,22)(H,21,23)/t12-,13-/m0/s1. The van der Waals surface area contributed by atoms with E-state index in [1.807, 2.05) is 23.6 Å². The highest BCUT2D eigenvalue weighted by atomic mass is 32.1. The predicted molar refractivity (Wildman–Crippen MR) is 97.5 cm³/mol. The summed E-state index contributed by atoms with van der Waals surface area (Å²) in [7, 11) is 0. The van der Waals surface area contributed by atoms with E-state index in [0.29, 0.717) is 16.6 Å². The predicted octanol–water partition coefficient (Wildman–Crippen LogP) is 3.33. The molecule has 2 heterocycles. The normalized spacial score (nSPS) is 20.4. The van der Waals surface area contributed by atoms with Crippen LogP contribution in [0.2, 0.25) is 0 Å². The fourth-order valence-electron chi connectivity index (χ4n) is 2.85. The van der Waals surface area contributed by atoms with Gasteiger partial charge in [-0.05, 0) is 62.0 Å². The third-order valence-corrected chi connectivity index (χ3v) is 5.02. The number of rotatable bonds is 4. The summed E-state index contributed by atoms with van der Waals surface area (Å²) in [5.41, 5.74) is 1.46. The number of carbonyl (C=O) groups excluding carboxylic acids is 2. The third-order valence-electron chi connectivity index (χ3n) is 4.15. The SMILES string of the molecule is C[C@H]1C[C@@H](C(=O)Nc2ccc(NC(=O)c3cccs3)cc2)CCN1. The molecule has 5 nitrogen and oxygen atoms in total. The van der Waals surface area contributed by atoms with Crippen LogP contribution in [0.25, 0.3) is 0 Å². The molecule has 0 unspecified atom stereocenters. The number of hydrogen-bond donors (Lipinski definition) is 3. The fourth-order valence-corrected chi connectivity index (χ4v) is 3.47. The lowest BCUT2D eigenvalue weighted by atomic mass is 9.92. The zero-order chi connectivity index (χ0) is 16.9. The van der Waals surface area contributed by atoms with Crippen LogP contribution in [0.3, 0.4) is 0 Å². The number of benzene rings is 1. The highest BCUT2D eigenvalue weighted by Crippen LogP contribution is 2.20. The minimum atomic E-state index is -0.120. The van der Waals surface area contributed by atoms with Gasteiger partial charge >= 0.3 is 0 Å². The molecule has 1 aromatic carbocycles. The van der Waals surface area contributed by atoms with E-state index in [-0.39, 0.29) is 17.7 Å². The average molecular weight is 343 g/mol. The molecule has 3 N–H and O–H groups in total. The second kappa shape index (κ2) is 7.59. The minimum Gasteiger partial charge on any atom is -0.326 e. The highest BCUT2D eigenvalue weighted by Gasteiger charge is 2.24. The lowest BCUT2D eigenvalue weighted by Gasteiger charge is -2.27. The van der Waals surface area contributed by atoms with Gasteiger partial charge in [-0.3, -0.25) is 9.59 Å². The van der Waals surface area contributed by atoms with Crippen LogP contribution in [0.1, 0.15) is 29.4 Å². The van der Waals surface area contributed by atoms with Gasteiger partial charge in [-0.15, -0.1) is 11.3 Å². The molecule has 2 atom stereocenters. The zero-order valence-corrected chi connectivity index (χ0v) is 14.4. The highest BCUT2D eigenvalue weighted by molar-refractivity contribution is 7.12. The van der Waals surface area contributed by atoms with Crippen molar-refractivity contribution >= 4 is 34.5 Å². The molecule has 1 aliphatic heterocycles. The van der Waals surface area contributed by atoms with Gasteiger partial charge in [0.05, 0.1) is 4.88 Å². The number of hydrogen-bond acceptors (Lipinski definition) is 4. The Morgan fingerprint density at radius 2 is 1.83 bits per heavy atom. The Balaban J connectivity index is 1.56. The Morgan fingerprint density at radius 1 is 1.12 bits per heavy atom. The number of carbonyl (C=O) groups is 2. The first-order valence-electron chi connectivity index (χ1n) is 8.11. The van der Waals surface area contributed by atoms with Crippen molar-refractivity contribution in [2.75, 3.05) is 17.2 Å². The summed E-state index contributed by atoms with van der Waals surface area (Å²) in [6.07, 6.45) is 1.73. The summed E-state index contributed by atoms with van der Waals surface area (Å²) in [6.45, 7) is 2.98. The van der Waals surface area contributed by atoms with Gasteiger partial charge in [0, 0.05) is 23.3 Å². The monoisotopic (exact) mass is 343 g/mol. The van der Waals surface area contributed by atoms with E-state index in [1.165, 1.54) is 11.3 Å².